The van der Waals surface area contributed by atoms with Gasteiger partial charge in [-0.3, -0.25) is 19.2 Å². The maximum absolute atomic E-state index is 13.3. The van der Waals surface area contributed by atoms with Crippen molar-refractivity contribution < 1.29 is 46.7 Å². The normalized spacial score (nSPS) is 13.6. The van der Waals surface area contributed by atoms with Crippen molar-refractivity contribution in [3.8, 4) is 0 Å². The van der Waals surface area contributed by atoms with Crippen LogP contribution in [0.1, 0.15) is 34.6 Å². The molecule has 0 aliphatic rings. The maximum atomic E-state index is 13.3. The SMILES string of the molecule is CCOC(=O)C(CSSC(=O)[C@@H](N)CS)NC(=O)c1ccc(S(=O)(=O)c2ccc(C(=O)NC(CSSC(=O)[C@@H](N)CS)C(=O)OCC)cc2)cc1. The van der Waals surface area contributed by atoms with Gasteiger partial charge in [0.1, 0.15) is 12.1 Å². The zero-order chi connectivity index (χ0) is 38.1. The summed E-state index contributed by atoms with van der Waals surface area (Å²) in [6.45, 7) is 3.33. The predicted molar refractivity (Wildman–Crippen MR) is 208 cm³/mol. The van der Waals surface area contributed by atoms with Gasteiger partial charge in [0, 0.05) is 34.1 Å². The number of esters is 2. The monoisotopic (exact) mass is 838 g/mol. The van der Waals surface area contributed by atoms with E-state index in [1.165, 1.54) is 48.5 Å². The molecule has 2 unspecified atom stereocenters. The van der Waals surface area contributed by atoms with Gasteiger partial charge in [-0.25, -0.2) is 18.0 Å². The van der Waals surface area contributed by atoms with Gasteiger partial charge in [-0.2, -0.15) is 25.3 Å². The largest absolute Gasteiger partial charge is 0.464 e. The molecule has 14 nitrogen and oxygen atoms in total. The smallest absolute Gasteiger partial charge is 0.329 e. The number of nitrogens with one attached hydrogen (secondary N) is 2. The number of sulfone groups is 1. The topological polar surface area (TPSA) is 231 Å². The number of thiol groups is 2. The zero-order valence-electron chi connectivity index (χ0n) is 27.3. The van der Waals surface area contributed by atoms with Crippen LogP contribution in [0.4, 0.5) is 0 Å². The molecule has 0 aliphatic heterocycles. The number of hydrogen-bond donors (Lipinski definition) is 6. The molecule has 0 bridgehead atoms. The molecule has 0 aromatic heterocycles. The van der Waals surface area contributed by atoms with Gasteiger partial charge in [0.25, 0.3) is 11.8 Å². The number of nitrogens with two attached hydrogens (primary N) is 2. The van der Waals surface area contributed by atoms with Crippen LogP contribution >= 0.6 is 68.4 Å². The molecule has 0 heterocycles. The van der Waals surface area contributed by atoms with E-state index < -0.39 is 57.8 Å². The van der Waals surface area contributed by atoms with E-state index in [0.29, 0.717) is 0 Å². The molecule has 6 N–H and O–H groups in total. The van der Waals surface area contributed by atoms with Crippen molar-refractivity contribution in [3.63, 3.8) is 0 Å². The number of benzene rings is 2. The fourth-order valence-electron chi connectivity index (χ4n) is 3.61. The molecule has 2 aromatic carbocycles. The van der Waals surface area contributed by atoms with E-state index in [-0.39, 0.29) is 67.4 Å². The lowest BCUT2D eigenvalue weighted by molar-refractivity contribution is -0.145. The lowest BCUT2D eigenvalue weighted by Crippen LogP contribution is -2.43. The molecule has 2 amide bonds. The van der Waals surface area contributed by atoms with Crippen molar-refractivity contribution in [1.29, 1.82) is 0 Å². The van der Waals surface area contributed by atoms with Crippen LogP contribution in [0.15, 0.2) is 58.3 Å². The summed E-state index contributed by atoms with van der Waals surface area (Å²) in [5.41, 5.74) is 11.4. The highest BCUT2D eigenvalue weighted by Gasteiger charge is 2.27. The lowest BCUT2D eigenvalue weighted by Gasteiger charge is -2.17. The quantitative estimate of drug-likeness (QED) is 0.0638. The second-order valence-corrected chi connectivity index (χ2v) is 17.4. The fourth-order valence-corrected chi connectivity index (χ4v) is 9.60. The molecule has 0 aliphatic carbocycles. The Kier molecular flexibility index (Phi) is 19.9. The predicted octanol–water partition coefficient (Wildman–Crippen LogP) is 2.17. The number of carbonyl (C=O) groups is 6. The van der Waals surface area contributed by atoms with Crippen LogP contribution in [0.5, 0.6) is 0 Å². The van der Waals surface area contributed by atoms with E-state index in [0.717, 1.165) is 43.2 Å². The Balaban J connectivity index is 2.11. The van der Waals surface area contributed by atoms with Crippen LogP contribution in [0.3, 0.4) is 0 Å². The van der Waals surface area contributed by atoms with Crippen molar-refractivity contribution >= 4 is 112 Å². The minimum absolute atomic E-state index is 0.00479. The summed E-state index contributed by atoms with van der Waals surface area (Å²) in [5.74, 6) is -2.49. The van der Waals surface area contributed by atoms with Gasteiger partial charge in [-0.05, 0) is 84.0 Å². The molecule has 0 spiro atoms. The Morgan fingerprint density at radius 3 is 1.29 bits per heavy atom. The minimum atomic E-state index is -4.09. The van der Waals surface area contributed by atoms with Gasteiger partial charge < -0.3 is 31.6 Å². The molecule has 21 heteroatoms. The van der Waals surface area contributed by atoms with E-state index in [1.807, 2.05) is 0 Å². The molecular formula is C30H38N4O10S7. The first-order chi connectivity index (χ1) is 24.2. The van der Waals surface area contributed by atoms with Crippen LogP contribution in [0.2, 0.25) is 0 Å². The number of amides is 2. The Labute approximate surface area is 322 Å². The van der Waals surface area contributed by atoms with Crippen molar-refractivity contribution in [2.45, 2.75) is 47.8 Å². The first-order valence-corrected chi connectivity index (χ1v) is 22.4. The molecule has 0 saturated carbocycles. The van der Waals surface area contributed by atoms with Gasteiger partial charge in [0.05, 0.1) is 35.1 Å². The third kappa shape index (κ3) is 14.2. The third-order valence-corrected chi connectivity index (χ3v) is 13.5. The Bertz CT molecular complexity index is 1520. The van der Waals surface area contributed by atoms with Crippen LogP contribution < -0.4 is 22.1 Å². The molecule has 4 atom stereocenters. The maximum Gasteiger partial charge on any atom is 0.329 e. The number of hydrogen-bond acceptors (Lipinski definition) is 18. The van der Waals surface area contributed by atoms with E-state index in [1.54, 1.807) is 13.8 Å². The van der Waals surface area contributed by atoms with Crippen LogP contribution in [0, 0.1) is 0 Å². The average molecular weight is 839 g/mol. The highest BCUT2D eigenvalue weighted by molar-refractivity contribution is 8.82. The van der Waals surface area contributed by atoms with Crippen molar-refractivity contribution in [2.75, 3.05) is 36.2 Å². The average Bonchev–Trinajstić information content (AvgIpc) is 3.13. The molecule has 2 aromatic rings. The van der Waals surface area contributed by atoms with E-state index in [2.05, 4.69) is 35.9 Å². The van der Waals surface area contributed by atoms with Crippen molar-refractivity contribution in [2.24, 2.45) is 11.5 Å². The van der Waals surface area contributed by atoms with Gasteiger partial charge in [-0.15, -0.1) is 0 Å². The number of ether oxygens (including phenoxy) is 2. The Hall–Kier alpha value is -2.37. The van der Waals surface area contributed by atoms with Crippen molar-refractivity contribution in [1.82, 2.24) is 10.6 Å². The second kappa shape index (κ2) is 22.6. The highest BCUT2D eigenvalue weighted by atomic mass is 33.1. The lowest BCUT2D eigenvalue weighted by atomic mass is 10.2. The van der Waals surface area contributed by atoms with Crippen molar-refractivity contribution in [3.05, 3.63) is 59.7 Å². The van der Waals surface area contributed by atoms with Crippen LogP contribution in [-0.4, -0.2) is 103 Å². The summed E-state index contributed by atoms with van der Waals surface area (Å²) in [7, 11) is -0.397. The van der Waals surface area contributed by atoms with Crippen LogP contribution in [-0.2, 0) is 38.5 Å². The standard InChI is InChI=1S/C30H38N4O10S7/c1-3-43-27(37)23(15-47-49-29(39)21(31)13-45)33-25(35)17-5-9-19(10-6-17)51(41,42)20-11-7-18(8-12-20)26(36)34-24(28(38)44-4-2)16-48-50-30(40)22(32)14-46/h5-12,21-24,45-46H,3-4,13-16,31-32H2,1-2H3,(H,33,35)(H,34,36)/t21-,22-,23?,24?/m0/s1. The minimum Gasteiger partial charge on any atom is -0.464 e. The van der Waals surface area contributed by atoms with E-state index >= 15 is 0 Å². The summed E-state index contributed by atoms with van der Waals surface area (Å²) >= 11 is 7.97. The zero-order valence-corrected chi connectivity index (χ0v) is 33.2. The highest BCUT2D eigenvalue weighted by Crippen LogP contribution is 2.26. The summed E-state index contributed by atoms with van der Waals surface area (Å²) in [4.78, 5) is 74.5. The molecule has 0 radical (unpaired) electrons. The van der Waals surface area contributed by atoms with Gasteiger partial charge >= 0.3 is 11.9 Å². The molecule has 280 valence electrons. The molecular weight excluding hydrogens is 801 g/mol. The second-order valence-electron chi connectivity index (χ2n) is 10.1. The Morgan fingerprint density at radius 2 is 1.00 bits per heavy atom. The number of carbonyl (C=O) groups excluding carboxylic acids is 6. The van der Waals surface area contributed by atoms with Crippen LogP contribution in [0.25, 0.3) is 0 Å². The molecule has 2 rings (SSSR count). The number of rotatable bonds is 20. The van der Waals surface area contributed by atoms with Gasteiger partial charge in [0.15, 0.2) is 0 Å². The summed E-state index contributed by atoms with van der Waals surface area (Å²) in [5, 5.41) is 4.41. The van der Waals surface area contributed by atoms with Gasteiger partial charge in [0.2, 0.25) is 20.1 Å². The Morgan fingerprint density at radius 1 is 0.667 bits per heavy atom. The first-order valence-electron chi connectivity index (χ1n) is 15.0. The third-order valence-electron chi connectivity index (χ3n) is 6.36. The molecule has 51 heavy (non-hydrogen) atoms. The van der Waals surface area contributed by atoms with E-state index in [9.17, 15) is 37.2 Å². The van der Waals surface area contributed by atoms with Gasteiger partial charge in [-0.1, -0.05) is 21.6 Å². The molecule has 0 saturated heterocycles. The summed E-state index contributed by atoms with van der Waals surface area (Å²) < 4.78 is 36.8. The molecule has 0 fully saturated rings. The first kappa shape index (κ1) is 44.8. The van der Waals surface area contributed by atoms with E-state index in [4.69, 9.17) is 20.9 Å². The summed E-state index contributed by atoms with van der Waals surface area (Å²) in [6, 6.07) is 6.20. The fraction of sp³-hybridized carbons (Fsp3) is 0.400. The summed E-state index contributed by atoms with van der Waals surface area (Å²) in [6.07, 6.45) is 0.